The Morgan fingerprint density at radius 2 is 2.12 bits per heavy atom. The molecular formula is C15H18N8O2. The Morgan fingerprint density at radius 1 is 1.28 bits per heavy atom. The van der Waals surface area contributed by atoms with E-state index in [-0.39, 0.29) is 17.8 Å². The number of carbonyl (C=O) groups excluding carboxylic acids is 1. The second-order valence-corrected chi connectivity index (χ2v) is 6.08. The summed E-state index contributed by atoms with van der Waals surface area (Å²) in [7, 11) is 0. The number of morpholine rings is 1. The maximum atomic E-state index is 12.8. The minimum atomic E-state index is -0.359. The van der Waals surface area contributed by atoms with Gasteiger partial charge in [-0.1, -0.05) is 0 Å². The highest BCUT2D eigenvalue weighted by atomic mass is 16.5. The fourth-order valence-corrected chi connectivity index (χ4v) is 2.89. The van der Waals surface area contributed by atoms with Gasteiger partial charge in [-0.25, -0.2) is 14.5 Å². The zero-order valence-electron chi connectivity index (χ0n) is 14.2. The van der Waals surface area contributed by atoms with Crippen LogP contribution in [0.1, 0.15) is 39.8 Å². The summed E-state index contributed by atoms with van der Waals surface area (Å²) in [6.45, 7) is 6.85. The van der Waals surface area contributed by atoms with E-state index in [1.165, 1.54) is 0 Å². The minimum Gasteiger partial charge on any atom is -0.366 e. The zero-order chi connectivity index (χ0) is 17.6. The number of aromatic amines is 1. The van der Waals surface area contributed by atoms with Gasteiger partial charge in [-0.05, 0) is 26.8 Å². The molecule has 130 valence electrons. The van der Waals surface area contributed by atoms with Gasteiger partial charge in [0.25, 0.3) is 11.7 Å². The lowest BCUT2D eigenvalue weighted by atomic mass is 10.2. The summed E-state index contributed by atoms with van der Waals surface area (Å²) in [5.74, 6) is 1.57. The molecule has 4 heterocycles. The molecule has 0 radical (unpaired) electrons. The number of hydrogen-bond donors (Lipinski definition) is 1. The topological polar surface area (TPSA) is 114 Å². The first-order valence-corrected chi connectivity index (χ1v) is 8.02. The van der Waals surface area contributed by atoms with Crippen molar-refractivity contribution < 1.29 is 9.53 Å². The van der Waals surface area contributed by atoms with Crippen molar-refractivity contribution >= 4 is 11.7 Å². The molecule has 4 rings (SSSR count). The van der Waals surface area contributed by atoms with Crippen molar-refractivity contribution in [3.8, 4) is 0 Å². The van der Waals surface area contributed by atoms with E-state index in [2.05, 4.69) is 30.2 Å². The summed E-state index contributed by atoms with van der Waals surface area (Å²) in [6, 6.07) is 1.90. The van der Waals surface area contributed by atoms with Gasteiger partial charge in [0.1, 0.15) is 11.9 Å². The van der Waals surface area contributed by atoms with Crippen molar-refractivity contribution in [2.75, 3.05) is 19.7 Å². The first-order chi connectivity index (χ1) is 12.0. The summed E-state index contributed by atoms with van der Waals surface area (Å²) in [4.78, 5) is 27.4. The van der Waals surface area contributed by atoms with Crippen molar-refractivity contribution in [2.45, 2.75) is 26.9 Å². The first kappa shape index (κ1) is 15.6. The summed E-state index contributed by atoms with van der Waals surface area (Å²) < 4.78 is 7.27. The van der Waals surface area contributed by atoms with Gasteiger partial charge < -0.3 is 9.64 Å². The van der Waals surface area contributed by atoms with E-state index in [4.69, 9.17) is 4.74 Å². The number of hydrogen-bond acceptors (Lipinski definition) is 7. The van der Waals surface area contributed by atoms with E-state index < -0.39 is 0 Å². The van der Waals surface area contributed by atoms with Crippen LogP contribution in [0, 0.1) is 20.8 Å². The smallest absolute Gasteiger partial charge is 0.293 e. The Kier molecular flexibility index (Phi) is 3.68. The molecule has 3 aromatic rings. The van der Waals surface area contributed by atoms with Crippen LogP contribution in [0.3, 0.4) is 0 Å². The van der Waals surface area contributed by atoms with Gasteiger partial charge in [-0.15, -0.1) is 5.10 Å². The van der Waals surface area contributed by atoms with Gasteiger partial charge in [-0.2, -0.15) is 10.1 Å². The molecule has 0 unspecified atom stereocenters. The third kappa shape index (κ3) is 2.84. The van der Waals surface area contributed by atoms with E-state index in [1.807, 2.05) is 26.8 Å². The molecule has 1 fully saturated rings. The van der Waals surface area contributed by atoms with Gasteiger partial charge in [0.05, 0.1) is 13.2 Å². The predicted octanol–water partition coefficient (Wildman–Crippen LogP) is 0.381. The molecular weight excluding hydrogens is 324 g/mol. The molecule has 3 aromatic heterocycles. The standard InChI is InChI=1S/C15H18N8O2/c1-8-6-9(2)23-15(16-8)18-13(21-23)14(24)22-4-5-25-11(7-22)12-17-10(3)19-20-12/h6,11H,4-5,7H2,1-3H3,(H,17,19,20)/t11-/m0/s1. The number of aryl methyl sites for hydroxylation is 3. The average Bonchev–Trinajstić information content (AvgIpc) is 3.21. The second kappa shape index (κ2) is 5.88. The van der Waals surface area contributed by atoms with E-state index in [0.717, 1.165) is 11.4 Å². The molecule has 25 heavy (non-hydrogen) atoms. The zero-order valence-corrected chi connectivity index (χ0v) is 14.2. The van der Waals surface area contributed by atoms with Crippen LogP contribution in [0.4, 0.5) is 0 Å². The van der Waals surface area contributed by atoms with Gasteiger partial charge in [0.2, 0.25) is 5.82 Å². The molecule has 0 aliphatic carbocycles. The number of amides is 1. The molecule has 0 bridgehead atoms. The van der Waals surface area contributed by atoms with Gasteiger partial charge in [0, 0.05) is 17.9 Å². The number of ether oxygens (including phenoxy) is 1. The van der Waals surface area contributed by atoms with Crippen molar-refractivity contribution in [1.82, 2.24) is 39.7 Å². The molecule has 1 amide bonds. The summed E-state index contributed by atoms with van der Waals surface area (Å²) in [5.41, 5.74) is 1.72. The maximum absolute atomic E-state index is 12.8. The van der Waals surface area contributed by atoms with Gasteiger partial charge >= 0.3 is 0 Å². The Labute approximate surface area is 143 Å². The van der Waals surface area contributed by atoms with Crippen molar-refractivity contribution in [3.05, 3.63) is 34.9 Å². The van der Waals surface area contributed by atoms with Crippen LogP contribution in [0.25, 0.3) is 5.78 Å². The lowest BCUT2D eigenvalue weighted by Crippen LogP contribution is -2.43. The number of aromatic nitrogens is 7. The molecule has 1 atom stereocenters. The Balaban J connectivity index is 1.59. The average molecular weight is 342 g/mol. The molecule has 1 aliphatic rings. The van der Waals surface area contributed by atoms with Crippen LogP contribution < -0.4 is 0 Å². The number of fused-ring (bicyclic) bond motifs is 1. The quantitative estimate of drug-likeness (QED) is 0.716. The highest BCUT2D eigenvalue weighted by molar-refractivity contribution is 5.91. The first-order valence-electron chi connectivity index (χ1n) is 8.02. The van der Waals surface area contributed by atoms with Crippen molar-refractivity contribution in [3.63, 3.8) is 0 Å². The van der Waals surface area contributed by atoms with Crippen molar-refractivity contribution in [2.24, 2.45) is 0 Å². The van der Waals surface area contributed by atoms with Crippen molar-refractivity contribution in [1.29, 1.82) is 0 Å². The Hall–Kier alpha value is -2.88. The third-order valence-corrected chi connectivity index (χ3v) is 4.07. The van der Waals surface area contributed by atoms with Crippen LogP contribution in [0.2, 0.25) is 0 Å². The number of carbonyl (C=O) groups is 1. The number of rotatable bonds is 2. The number of nitrogens with one attached hydrogen (secondary N) is 1. The highest BCUT2D eigenvalue weighted by Crippen LogP contribution is 2.20. The van der Waals surface area contributed by atoms with Crippen LogP contribution >= 0.6 is 0 Å². The van der Waals surface area contributed by atoms with E-state index >= 15 is 0 Å². The Morgan fingerprint density at radius 3 is 2.88 bits per heavy atom. The van der Waals surface area contributed by atoms with Gasteiger partial charge in [0.15, 0.2) is 5.82 Å². The highest BCUT2D eigenvalue weighted by Gasteiger charge is 2.30. The summed E-state index contributed by atoms with van der Waals surface area (Å²) in [6.07, 6.45) is -0.359. The van der Waals surface area contributed by atoms with Crippen LogP contribution in [-0.4, -0.2) is 65.3 Å². The summed E-state index contributed by atoms with van der Waals surface area (Å²) >= 11 is 0. The largest absolute Gasteiger partial charge is 0.366 e. The van der Waals surface area contributed by atoms with E-state index in [0.29, 0.717) is 37.1 Å². The van der Waals surface area contributed by atoms with E-state index in [9.17, 15) is 4.79 Å². The fourth-order valence-electron chi connectivity index (χ4n) is 2.89. The normalized spacial score (nSPS) is 18.0. The van der Waals surface area contributed by atoms with Gasteiger partial charge in [-0.3, -0.25) is 9.89 Å². The molecule has 1 aliphatic heterocycles. The monoisotopic (exact) mass is 342 g/mol. The summed E-state index contributed by atoms with van der Waals surface area (Å²) in [5, 5.41) is 11.2. The SMILES string of the molecule is Cc1cc(C)n2nc(C(=O)N3CCO[C@H](c4n[nH]c(C)n4)C3)nc2n1. The minimum absolute atomic E-state index is 0.132. The molecule has 10 heteroatoms. The molecule has 1 saturated heterocycles. The molecule has 0 aromatic carbocycles. The fraction of sp³-hybridized carbons (Fsp3) is 0.467. The van der Waals surface area contributed by atoms with Crippen LogP contribution in [0.15, 0.2) is 6.07 Å². The third-order valence-electron chi connectivity index (χ3n) is 4.07. The van der Waals surface area contributed by atoms with Crippen LogP contribution in [0.5, 0.6) is 0 Å². The lowest BCUT2D eigenvalue weighted by molar-refractivity contribution is -0.0270. The molecule has 1 N–H and O–H groups in total. The number of nitrogens with zero attached hydrogens (tertiary/aromatic N) is 7. The second-order valence-electron chi connectivity index (χ2n) is 6.08. The molecule has 10 nitrogen and oxygen atoms in total. The lowest BCUT2D eigenvalue weighted by Gasteiger charge is -2.30. The predicted molar refractivity (Wildman–Crippen MR) is 86.0 cm³/mol. The van der Waals surface area contributed by atoms with E-state index in [1.54, 1.807) is 9.42 Å². The number of H-pyrrole nitrogens is 1. The Bertz CT molecular complexity index is 946. The van der Waals surface area contributed by atoms with Crippen LogP contribution in [-0.2, 0) is 4.74 Å². The maximum Gasteiger partial charge on any atom is 0.293 e. The molecule has 0 saturated carbocycles. The molecule has 0 spiro atoms.